The van der Waals surface area contributed by atoms with Crippen LogP contribution in [0.1, 0.15) is 20.8 Å². The van der Waals surface area contributed by atoms with Crippen molar-refractivity contribution in [2.75, 3.05) is 0 Å². The Labute approximate surface area is 104 Å². The fraction of sp³-hybridized carbons (Fsp3) is 0.846. The zero-order valence-corrected chi connectivity index (χ0v) is 14.7. The molecule has 1 unspecified atom stereocenters. The molecule has 0 saturated heterocycles. The molecule has 0 aromatic rings. The van der Waals surface area contributed by atoms with Crippen molar-refractivity contribution >= 4 is 16.4 Å². The molecule has 0 saturated carbocycles. The Balaban J connectivity index is 5.33. The van der Waals surface area contributed by atoms with E-state index in [0.29, 0.717) is 0 Å². The van der Waals surface area contributed by atoms with Crippen molar-refractivity contribution in [1.82, 2.24) is 0 Å². The van der Waals surface area contributed by atoms with Gasteiger partial charge < -0.3 is 4.43 Å². The van der Waals surface area contributed by atoms with Gasteiger partial charge in [0.2, 0.25) is 0 Å². The van der Waals surface area contributed by atoms with Gasteiger partial charge >= 0.3 is 0 Å². The molecular formula is C13H30OSi2. The van der Waals surface area contributed by atoms with Crippen LogP contribution in [0.3, 0.4) is 0 Å². The molecule has 1 nitrogen and oxygen atoms in total. The maximum Gasteiger partial charge on any atom is 0.184 e. The van der Waals surface area contributed by atoms with Crippen LogP contribution in [0.2, 0.25) is 44.3 Å². The normalized spacial score (nSPS) is 18.1. The van der Waals surface area contributed by atoms with Gasteiger partial charge in [-0.05, 0) is 33.5 Å². The van der Waals surface area contributed by atoms with E-state index < -0.39 is 16.4 Å². The van der Waals surface area contributed by atoms with E-state index in [1.54, 1.807) is 0 Å². The largest absolute Gasteiger partial charge is 0.412 e. The first-order valence-corrected chi connectivity index (χ1v) is 13.0. The van der Waals surface area contributed by atoms with Crippen LogP contribution < -0.4 is 0 Å². The third-order valence-electron chi connectivity index (χ3n) is 3.78. The summed E-state index contributed by atoms with van der Waals surface area (Å²) in [6.45, 7) is 24.8. The lowest BCUT2D eigenvalue weighted by atomic mass is 9.91. The molecule has 0 radical (unpaired) electrons. The van der Waals surface area contributed by atoms with Gasteiger partial charge in [0, 0.05) is 5.04 Å². The second-order valence-corrected chi connectivity index (χ2v) is 17.3. The van der Waals surface area contributed by atoms with Crippen molar-refractivity contribution in [3.05, 3.63) is 12.7 Å². The second-order valence-electron chi connectivity index (χ2n) is 7.38. The highest BCUT2D eigenvalue weighted by atomic mass is 28.4. The van der Waals surface area contributed by atoms with Crippen molar-refractivity contribution in [2.24, 2.45) is 0 Å². The molecule has 0 rings (SSSR count). The Bertz CT molecular complexity index is 258. The first-order valence-electron chi connectivity index (χ1n) is 6.11. The third kappa shape index (κ3) is 3.31. The van der Waals surface area contributed by atoms with Gasteiger partial charge in [-0.25, -0.2) is 0 Å². The predicted molar refractivity (Wildman–Crippen MR) is 80.4 cm³/mol. The molecule has 0 aromatic carbocycles. The molecule has 0 spiro atoms. The van der Waals surface area contributed by atoms with Crippen LogP contribution >= 0.6 is 0 Å². The maximum atomic E-state index is 6.41. The van der Waals surface area contributed by atoms with E-state index in [2.05, 4.69) is 72.7 Å². The summed E-state index contributed by atoms with van der Waals surface area (Å²) in [5.41, 5.74) is -0.121. The van der Waals surface area contributed by atoms with Crippen molar-refractivity contribution in [3.63, 3.8) is 0 Å². The van der Waals surface area contributed by atoms with Gasteiger partial charge in [-0.15, -0.1) is 6.58 Å². The van der Waals surface area contributed by atoms with Crippen molar-refractivity contribution in [1.29, 1.82) is 0 Å². The van der Waals surface area contributed by atoms with Crippen LogP contribution in [-0.2, 0) is 4.43 Å². The molecule has 0 aromatic heterocycles. The number of hydrogen-bond donors (Lipinski definition) is 0. The van der Waals surface area contributed by atoms with Crippen LogP contribution in [0.5, 0.6) is 0 Å². The van der Waals surface area contributed by atoms with E-state index >= 15 is 0 Å². The zero-order valence-electron chi connectivity index (χ0n) is 12.7. The van der Waals surface area contributed by atoms with E-state index in [1.165, 1.54) is 0 Å². The van der Waals surface area contributed by atoms with E-state index in [-0.39, 0.29) is 10.6 Å². The lowest BCUT2D eigenvalue weighted by Crippen LogP contribution is -2.54. The highest BCUT2D eigenvalue weighted by molar-refractivity contribution is 6.80. The smallest absolute Gasteiger partial charge is 0.184 e. The maximum absolute atomic E-state index is 6.41. The van der Waals surface area contributed by atoms with Crippen molar-refractivity contribution in [3.8, 4) is 0 Å². The Kier molecular flexibility index (Phi) is 4.46. The van der Waals surface area contributed by atoms with E-state index in [1.807, 2.05) is 0 Å². The summed E-state index contributed by atoms with van der Waals surface area (Å²) in [6, 6.07) is 0. The second kappa shape index (κ2) is 4.43. The Hall–Kier alpha value is 0.134. The van der Waals surface area contributed by atoms with Gasteiger partial charge in [0.15, 0.2) is 8.32 Å². The lowest BCUT2D eigenvalue weighted by molar-refractivity contribution is 0.0682. The Morgan fingerprint density at radius 1 is 0.938 bits per heavy atom. The van der Waals surface area contributed by atoms with Crippen LogP contribution in [0, 0.1) is 0 Å². The molecule has 3 heteroatoms. The summed E-state index contributed by atoms with van der Waals surface area (Å²) in [6.07, 6.45) is 2.12. The monoisotopic (exact) mass is 258 g/mol. The SMILES string of the molecule is C=CC(C)(C(C)(C)O[Si](C)(C)C)[Si](C)(C)C. The summed E-state index contributed by atoms with van der Waals surface area (Å²) in [4.78, 5) is 0. The molecule has 0 bridgehead atoms. The highest BCUT2D eigenvalue weighted by Crippen LogP contribution is 2.51. The van der Waals surface area contributed by atoms with E-state index in [4.69, 9.17) is 4.43 Å². The van der Waals surface area contributed by atoms with Gasteiger partial charge in [0.1, 0.15) is 0 Å². The predicted octanol–water partition coefficient (Wildman–Crippen LogP) is 4.90. The van der Waals surface area contributed by atoms with Gasteiger partial charge in [0.25, 0.3) is 0 Å². The fourth-order valence-electron chi connectivity index (χ4n) is 2.33. The summed E-state index contributed by atoms with van der Waals surface area (Å²) in [5, 5.41) is 0.0975. The van der Waals surface area contributed by atoms with Crippen LogP contribution in [0.15, 0.2) is 12.7 Å². The van der Waals surface area contributed by atoms with Gasteiger partial charge in [-0.3, -0.25) is 0 Å². The molecule has 0 fully saturated rings. The molecule has 1 atom stereocenters. The molecule has 0 heterocycles. The zero-order chi connectivity index (χ0) is 13.4. The standard InChI is InChI=1S/C13H30OSi2/c1-11-13(4,15(5,6)7)12(2,3)14-16(8,9)10/h11H,1H2,2-10H3. The molecule has 0 aliphatic carbocycles. The highest BCUT2D eigenvalue weighted by Gasteiger charge is 2.50. The molecule has 0 N–H and O–H groups in total. The fourth-order valence-corrected chi connectivity index (χ4v) is 6.64. The first kappa shape index (κ1) is 16.1. The molecule has 96 valence electrons. The minimum absolute atomic E-state index is 0.0975. The average Bonchev–Trinajstić information content (AvgIpc) is 1.95. The summed E-state index contributed by atoms with van der Waals surface area (Å²) < 4.78 is 6.41. The molecule has 0 aliphatic heterocycles. The topological polar surface area (TPSA) is 9.23 Å². The minimum Gasteiger partial charge on any atom is -0.412 e. The Morgan fingerprint density at radius 3 is 1.50 bits per heavy atom. The quantitative estimate of drug-likeness (QED) is 0.503. The van der Waals surface area contributed by atoms with Crippen LogP contribution in [-0.4, -0.2) is 22.0 Å². The lowest BCUT2D eigenvalue weighted by Gasteiger charge is -2.52. The van der Waals surface area contributed by atoms with Crippen LogP contribution in [0.4, 0.5) is 0 Å². The molecular weight excluding hydrogens is 228 g/mol. The number of rotatable bonds is 5. The van der Waals surface area contributed by atoms with Crippen LogP contribution in [0.25, 0.3) is 0 Å². The molecule has 16 heavy (non-hydrogen) atoms. The Morgan fingerprint density at radius 2 is 1.31 bits per heavy atom. The molecule has 0 aliphatic rings. The first-order chi connectivity index (χ1) is 6.77. The third-order valence-corrected chi connectivity index (χ3v) is 8.82. The van der Waals surface area contributed by atoms with Gasteiger partial charge in [0.05, 0.1) is 13.7 Å². The summed E-state index contributed by atoms with van der Waals surface area (Å²) in [7, 11) is -2.89. The van der Waals surface area contributed by atoms with Crippen molar-refractivity contribution in [2.45, 2.75) is 70.7 Å². The van der Waals surface area contributed by atoms with E-state index in [0.717, 1.165) is 0 Å². The minimum atomic E-state index is -1.52. The summed E-state index contributed by atoms with van der Waals surface area (Å²) >= 11 is 0. The van der Waals surface area contributed by atoms with Gasteiger partial charge in [-0.1, -0.05) is 32.6 Å². The molecule has 0 amide bonds. The average molecular weight is 259 g/mol. The van der Waals surface area contributed by atoms with Gasteiger partial charge in [-0.2, -0.15) is 0 Å². The van der Waals surface area contributed by atoms with E-state index in [9.17, 15) is 0 Å². The summed E-state index contributed by atoms with van der Waals surface area (Å²) in [5.74, 6) is 0. The van der Waals surface area contributed by atoms with Crippen molar-refractivity contribution < 1.29 is 4.43 Å². The number of hydrogen-bond acceptors (Lipinski definition) is 1.